The first-order chi connectivity index (χ1) is 9.54. The monoisotopic (exact) mass is 357 g/mol. The topological polar surface area (TPSA) is 26.0 Å². The molecular weight excluding hydrogens is 344 g/mol. The largest absolute Gasteiger partial charge is 0.327 e. The van der Waals surface area contributed by atoms with Crippen molar-refractivity contribution in [3.63, 3.8) is 0 Å². The highest BCUT2D eigenvalue weighted by molar-refractivity contribution is 9.10. The van der Waals surface area contributed by atoms with Crippen molar-refractivity contribution in [1.82, 2.24) is 0 Å². The zero-order chi connectivity index (χ0) is 14.5. The number of halogens is 3. The first-order valence-electron chi connectivity index (χ1n) is 6.12. The van der Waals surface area contributed by atoms with Gasteiger partial charge in [0.25, 0.3) is 0 Å². The number of hydrogen-bond acceptors (Lipinski definition) is 2. The smallest absolute Gasteiger partial charge is 0.137 e. The fourth-order valence-corrected chi connectivity index (χ4v) is 3.04. The summed E-state index contributed by atoms with van der Waals surface area (Å²) in [5.74, 6) is 0.207. The Bertz CT molecular complexity index is 575. The molecule has 0 fully saturated rings. The summed E-state index contributed by atoms with van der Waals surface area (Å²) in [5, 5.41) is 0. The highest BCUT2D eigenvalue weighted by Crippen LogP contribution is 2.21. The standard InChI is InChI=1S/C15H14BrF2NS/c16-14-8-10(1-6-15(14)18)7-12(19)9-20-13-4-2-11(17)3-5-13/h1-6,8,12H,7,9,19H2. The third kappa shape index (κ3) is 4.58. The molecular formula is C15H14BrF2NS. The van der Waals surface area contributed by atoms with E-state index in [1.807, 2.05) is 0 Å². The lowest BCUT2D eigenvalue weighted by Gasteiger charge is -2.12. The van der Waals surface area contributed by atoms with Gasteiger partial charge in [-0.05, 0) is 64.3 Å². The first kappa shape index (κ1) is 15.5. The van der Waals surface area contributed by atoms with E-state index in [0.29, 0.717) is 10.9 Å². The van der Waals surface area contributed by atoms with Crippen LogP contribution in [0.15, 0.2) is 51.8 Å². The van der Waals surface area contributed by atoms with Gasteiger partial charge in [0.1, 0.15) is 11.6 Å². The van der Waals surface area contributed by atoms with Crippen molar-refractivity contribution >= 4 is 27.7 Å². The summed E-state index contributed by atoms with van der Waals surface area (Å²) < 4.78 is 26.4. The lowest BCUT2D eigenvalue weighted by Crippen LogP contribution is -2.25. The van der Waals surface area contributed by atoms with Crippen LogP contribution in [-0.4, -0.2) is 11.8 Å². The zero-order valence-electron chi connectivity index (χ0n) is 10.7. The van der Waals surface area contributed by atoms with Crippen molar-refractivity contribution in [2.75, 3.05) is 5.75 Å². The molecule has 0 spiro atoms. The van der Waals surface area contributed by atoms with Crippen LogP contribution in [0.4, 0.5) is 8.78 Å². The SMILES string of the molecule is NC(CSc1ccc(F)cc1)Cc1ccc(F)c(Br)c1. The molecule has 0 aliphatic carbocycles. The number of rotatable bonds is 5. The van der Waals surface area contributed by atoms with Crippen molar-refractivity contribution in [1.29, 1.82) is 0 Å². The van der Waals surface area contributed by atoms with Gasteiger partial charge in [0.05, 0.1) is 4.47 Å². The van der Waals surface area contributed by atoms with Crippen LogP contribution in [0.2, 0.25) is 0 Å². The normalized spacial score (nSPS) is 12.4. The van der Waals surface area contributed by atoms with Crippen LogP contribution in [0, 0.1) is 11.6 Å². The second-order valence-electron chi connectivity index (χ2n) is 4.48. The lowest BCUT2D eigenvalue weighted by molar-refractivity contribution is 0.619. The second kappa shape index (κ2) is 7.20. The number of thioether (sulfide) groups is 1. The van der Waals surface area contributed by atoms with Crippen LogP contribution in [0.25, 0.3) is 0 Å². The molecule has 0 saturated heterocycles. The molecule has 0 aromatic heterocycles. The number of nitrogens with two attached hydrogens (primary N) is 1. The van der Waals surface area contributed by atoms with Crippen molar-refractivity contribution in [2.45, 2.75) is 17.4 Å². The first-order valence-corrected chi connectivity index (χ1v) is 7.90. The van der Waals surface area contributed by atoms with E-state index in [1.165, 1.54) is 18.2 Å². The van der Waals surface area contributed by atoms with Crippen molar-refractivity contribution in [3.8, 4) is 0 Å². The van der Waals surface area contributed by atoms with E-state index >= 15 is 0 Å². The maximum absolute atomic E-state index is 13.1. The fourth-order valence-electron chi connectivity index (χ4n) is 1.76. The second-order valence-corrected chi connectivity index (χ2v) is 6.43. The molecule has 1 atom stereocenters. The molecule has 2 N–H and O–H groups in total. The predicted molar refractivity (Wildman–Crippen MR) is 82.9 cm³/mol. The molecule has 2 rings (SSSR count). The number of hydrogen-bond donors (Lipinski definition) is 1. The van der Waals surface area contributed by atoms with Crippen LogP contribution < -0.4 is 5.73 Å². The lowest BCUT2D eigenvalue weighted by atomic mass is 10.1. The van der Waals surface area contributed by atoms with E-state index in [-0.39, 0.29) is 17.7 Å². The van der Waals surface area contributed by atoms with Gasteiger partial charge in [-0.1, -0.05) is 6.07 Å². The molecule has 1 nitrogen and oxygen atoms in total. The molecule has 1 unspecified atom stereocenters. The third-order valence-corrected chi connectivity index (χ3v) is 4.57. The maximum Gasteiger partial charge on any atom is 0.137 e. The molecule has 0 amide bonds. The molecule has 20 heavy (non-hydrogen) atoms. The summed E-state index contributed by atoms with van der Waals surface area (Å²) in [4.78, 5) is 0.988. The van der Waals surface area contributed by atoms with E-state index in [2.05, 4.69) is 15.9 Å². The van der Waals surface area contributed by atoms with Crippen LogP contribution in [0.3, 0.4) is 0 Å². The van der Waals surface area contributed by atoms with Gasteiger partial charge in [-0.2, -0.15) is 0 Å². The molecule has 5 heteroatoms. The number of benzene rings is 2. The van der Waals surface area contributed by atoms with Gasteiger partial charge in [-0.15, -0.1) is 11.8 Å². The maximum atomic E-state index is 13.1. The minimum absolute atomic E-state index is 0.0394. The highest BCUT2D eigenvalue weighted by Gasteiger charge is 2.07. The fraction of sp³-hybridized carbons (Fsp3) is 0.200. The average Bonchev–Trinajstić information content (AvgIpc) is 2.42. The summed E-state index contributed by atoms with van der Waals surface area (Å²) in [7, 11) is 0. The molecule has 0 heterocycles. The summed E-state index contributed by atoms with van der Waals surface area (Å²) in [6.07, 6.45) is 0.674. The molecule has 0 radical (unpaired) electrons. The Hall–Kier alpha value is -0.910. The van der Waals surface area contributed by atoms with E-state index < -0.39 is 0 Å². The minimum Gasteiger partial charge on any atom is -0.327 e. The summed E-state index contributed by atoms with van der Waals surface area (Å²) in [6.45, 7) is 0. The Labute approximate surface area is 129 Å². The van der Waals surface area contributed by atoms with Gasteiger partial charge in [-0.3, -0.25) is 0 Å². The Morgan fingerprint density at radius 2 is 1.80 bits per heavy atom. The third-order valence-electron chi connectivity index (χ3n) is 2.76. The molecule has 0 bridgehead atoms. The molecule has 2 aromatic carbocycles. The van der Waals surface area contributed by atoms with E-state index in [9.17, 15) is 8.78 Å². The Morgan fingerprint density at radius 3 is 2.45 bits per heavy atom. The summed E-state index contributed by atoms with van der Waals surface area (Å²) >= 11 is 4.75. The van der Waals surface area contributed by atoms with Crippen LogP contribution in [-0.2, 0) is 6.42 Å². The highest BCUT2D eigenvalue weighted by atomic mass is 79.9. The van der Waals surface area contributed by atoms with Gasteiger partial charge < -0.3 is 5.73 Å². The van der Waals surface area contributed by atoms with Crippen LogP contribution in [0.1, 0.15) is 5.56 Å². The zero-order valence-corrected chi connectivity index (χ0v) is 13.1. The van der Waals surface area contributed by atoms with Gasteiger partial charge in [0, 0.05) is 16.7 Å². The molecule has 0 saturated carbocycles. The van der Waals surface area contributed by atoms with Gasteiger partial charge >= 0.3 is 0 Å². The van der Waals surface area contributed by atoms with Crippen LogP contribution >= 0.6 is 27.7 Å². The molecule has 106 valence electrons. The van der Waals surface area contributed by atoms with E-state index in [1.54, 1.807) is 36.0 Å². The summed E-state index contributed by atoms with van der Waals surface area (Å²) in [5.41, 5.74) is 7.06. The van der Waals surface area contributed by atoms with Crippen molar-refractivity contribution in [3.05, 3.63) is 64.1 Å². The van der Waals surface area contributed by atoms with Gasteiger partial charge in [0.2, 0.25) is 0 Å². The van der Waals surface area contributed by atoms with Crippen molar-refractivity contribution < 1.29 is 8.78 Å². The average molecular weight is 358 g/mol. The molecule has 0 aliphatic heterocycles. The van der Waals surface area contributed by atoms with E-state index in [0.717, 1.165) is 16.2 Å². The van der Waals surface area contributed by atoms with Gasteiger partial charge in [-0.25, -0.2) is 8.78 Å². The predicted octanol–water partition coefficient (Wildman–Crippen LogP) is 4.39. The minimum atomic E-state index is -0.275. The van der Waals surface area contributed by atoms with Gasteiger partial charge in [0.15, 0.2) is 0 Å². The Kier molecular flexibility index (Phi) is 5.57. The van der Waals surface area contributed by atoms with E-state index in [4.69, 9.17) is 5.73 Å². The molecule has 0 aliphatic rings. The molecule has 2 aromatic rings. The van der Waals surface area contributed by atoms with Crippen molar-refractivity contribution in [2.24, 2.45) is 5.73 Å². The quantitative estimate of drug-likeness (QED) is 0.803. The Balaban J connectivity index is 1.87. The van der Waals surface area contributed by atoms with Crippen LogP contribution in [0.5, 0.6) is 0 Å². The summed E-state index contributed by atoms with van der Waals surface area (Å²) in [6, 6.07) is 11.2. The Morgan fingerprint density at radius 1 is 1.10 bits per heavy atom.